The number of benzene rings is 1. The predicted octanol–water partition coefficient (Wildman–Crippen LogP) is 1.89. The summed E-state index contributed by atoms with van der Waals surface area (Å²) in [5.41, 5.74) is 1.89. The summed E-state index contributed by atoms with van der Waals surface area (Å²) in [6, 6.07) is 11.3. The number of aromatic nitrogens is 1. The van der Waals surface area contributed by atoms with Crippen LogP contribution in [0.5, 0.6) is 0 Å². The molecular formula is C20H23N5O3. The van der Waals surface area contributed by atoms with E-state index >= 15 is 0 Å². The van der Waals surface area contributed by atoms with Crippen LogP contribution in [0, 0.1) is 5.92 Å². The third kappa shape index (κ3) is 4.46. The highest BCUT2D eigenvalue weighted by Gasteiger charge is 2.31. The highest BCUT2D eigenvalue weighted by molar-refractivity contribution is 6.10. The number of carbonyl (C=O) groups excluding carboxylic acids is 3. The minimum atomic E-state index is -0.742. The monoisotopic (exact) mass is 381 g/mol. The number of anilines is 2. The van der Waals surface area contributed by atoms with Crippen molar-refractivity contribution in [2.24, 2.45) is 5.92 Å². The van der Waals surface area contributed by atoms with Crippen molar-refractivity contribution in [2.45, 2.75) is 26.4 Å². The molecule has 0 radical (unpaired) electrons. The van der Waals surface area contributed by atoms with E-state index in [4.69, 9.17) is 0 Å². The number of urea groups is 1. The fraction of sp³-hybridized carbons (Fsp3) is 0.300. The lowest BCUT2D eigenvalue weighted by Crippen LogP contribution is -2.55. The predicted molar refractivity (Wildman–Crippen MR) is 106 cm³/mol. The minimum absolute atomic E-state index is 0.108. The van der Waals surface area contributed by atoms with Crippen molar-refractivity contribution in [3.05, 3.63) is 54.4 Å². The maximum atomic E-state index is 12.8. The molecule has 28 heavy (non-hydrogen) atoms. The highest BCUT2D eigenvalue weighted by atomic mass is 16.2. The molecule has 2 heterocycles. The molecule has 1 aliphatic heterocycles. The van der Waals surface area contributed by atoms with E-state index in [1.165, 1.54) is 4.90 Å². The largest absolute Gasteiger partial charge is 0.349 e. The Morgan fingerprint density at radius 1 is 1.18 bits per heavy atom. The molecule has 3 N–H and O–H groups in total. The van der Waals surface area contributed by atoms with E-state index in [0.717, 1.165) is 5.69 Å². The fourth-order valence-electron chi connectivity index (χ4n) is 2.95. The number of hydrogen-bond acceptors (Lipinski definition) is 4. The number of amides is 4. The zero-order valence-electron chi connectivity index (χ0n) is 15.8. The van der Waals surface area contributed by atoms with Gasteiger partial charge in [0.15, 0.2) is 0 Å². The average molecular weight is 381 g/mol. The summed E-state index contributed by atoms with van der Waals surface area (Å²) in [5, 5.41) is 8.30. The summed E-state index contributed by atoms with van der Waals surface area (Å²) >= 11 is 0. The van der Waals surface area contributed by atoms with E-state index in [1.807, 2.05) is 26.0 Å². The molecule has 0 saturated heterocycles. The zero-order valence-corrected chi connectivity index (χ0v) is 15.8. The Kier molecular flexibility index (Phi) is 5.88. The third-order valence-corrected chi connectivity index (χ3v) is 4.41. The highest BCUT2D eigenvalue weighted by Crippen LogP contribution is 2.28. The molecule has 2 aromatic rings. The lowest BCUT2D eigenvalue weighted by Gasteiger charge is -2.31. The lowest BCUT2D eigenvalue weighted by molar-refractivity contribution is -0.124. The van der Waals surface area contributed by atoms with Crippen LogP contribution in [-0.4, -0.2) is 35.4 Å². The maximum Gasteiger partial charge on any atom is 0.323 e. The number of rotatable bonds is 5. The van der Waals surface area contributed by atoms with Gasteiger partial charge in [0.2, 0.25) is 11.8 Å². The van der Waals surface area contributed by atoms with Crippen molar-refractivity contribution in [3.8, 4) is 0 Å². The molecule has 0 unspecified atom stereocenters. The van der Waals surface area contributed by atoms with E-state index in [1.54, 1.807) is 36.5 Å². The molecule has 4 amide bonds. The first-order valence-electron chi connectivity index (χ1n) is 9.10. The molecule has 1 aliphatic rings. The second-order valence-electron chi connectivity index (χ2n) is 6.86. The summed E-state index contributed by atoms with van der Waals surface area (Å²) in [5.74, 6) is -0.722. The Bertz CT molecular complexity index is 869. The van der Waals surface area contributed by atoms with Gasteiger partial charge in [-0.3, -0.25) is 19.5 Å². The van der Waals surface area contributed by atoms with Gasteiger partial charge in [-0.15, -0.1) is 0 Å². The quantitative estimate of drug-likeness (QED) is 0.736. The molecule has 0 spiro atoms. The SMILES string of the molecule is CC(C)[C@H](NC(=O)N1CC(=O)Nc2ccccc21)C(=O)NCc1ccccn1. The van der Waals surface area contributed by atoms with Crippen LogP contribution in [0.4, 0.5) is 16.2 Å². The number of hydrogen-bond donors (Lipinski definition) is 3. The topological polar surface area (TPSA) is 103 Å². The van der Waals surface area contributed by atoms with E-state index in [2.05, 4.69) is 20.9 Å². The van der Waals surface area contributed by atoms with Crippen molar-refractivity contribution in [3.63, 3.8) is 0 Å². The van der Waals surface area contributed by atoms with Gasteiger partial charge in [-0.2, -0.15) is 0 Å². The van der Waals surface area contributed by atoms with Crippen molar-refractivity contribution >= 4 is 29.2 Å². The van der Waals surface area contributed by atoms with Gasteiger partial charge >= 0.3 is 6.03 Å². The Labute approximate surface area is 163 Å². The van der Waals surface area contributed by atoms with E-state index in [9.17, 15) is 14.4 Å². The van der Waals surface area contributed by atoms with E-state index < -0.39 is 12.1 Å². The number of fused-ring (bicyclic) bond motifs is 1. The van der Waals surface area contributed by atoms with Crippen LogP contribution in [0.25, 0.3) is 0 Å². The molecule has 1 aromatic carbocycles. The Balaban J connectivity index is 1.69. The summed E-state index contributed by atoms with van der Waals surface area (Å²) in [4.78, 5) is 42.9. The molecule has 1 aromatic heterocycles. The van der Waals surface area contributed by atoms with Crippen LogP contribution in [-0.2, 0) is 16.1 Å². The number of carbonyl (C=O) groups is 3. The second kappa shape index (κ2) is 8.51. The fourth-order valence-corrected chi connectivity index (χ4v) is 2.95. The molecule has 0 saturated carbocycles. The van der Waals surface area contributed by atoms with Crippen molar-refractivity contribution < 1.29 is 14.4 Å². The standard InChI is InChI=1S/C20H23N5O3/c1-13(2)18(19(27)22-11-14-7-5-6-10-21-14)24-20(28)25-12-17(26)23-15-8-3-4-9-16(15)25/h3-10,13,18H,11-12H2,1-2H3,(H,22,27)(H,23,26)(H,24,28)/t18-/m0/s1. The number of nitrogens with one attached hydrogen (secondary N) is 3. The van der Waals surface area contributed by atoms with Crippen LogP contribution < -0.4 is 20.9 Å². The number of nitrogens with zero attached hydrogens (tertiary/aromatic N) is 2. The second-order valence-corrected chi connectivity index (χ2v) is 6.86. The van der Waals surface area contributed by atoms with Gasteiger partial charge in [0.1, 0.15) is 12.6 Å². The van der Waals surface area contributed by atoms with Crippen LogP contribution in [0.2, 0.25) is 0 Å². The van der Waals surface area contributed by atoms with Gasteiger partial charge in [0.25, 0.3) is 0 Å². The van der Waals surface area contributed by atoms with Gasteiger partial charge < -0.3 is 16.0 Å². The maximum absolute atomic E-state index is 12.8. The Hall–Kier alpha value is -3.42. The zero-order chi connectivity index (χ0) is 20.1. The summed E-state index contributed by atoms with van der Waals surface area (Å²) in [7, 11) is 0. The molecule has 0 bridgehead atoms. The van der Waals surface area contributed by atoms with Gasteiger partial charge in [-0.05, 0) is 30.2 Å². The van der Waals surface area contributed by atoms with E-state index in [0.29, 0.717) is 11.4 Å². The summed E-state index contributed by atoms with van der Waals surface area (Å²) < 4.78 is 0. The van der Waals surface area contributed by atoms with Gasteiger partial charge in [-0.1, -0.05) is 32.0 Å². The smallest absolute Gasteiger partial charge is 0.323 e. The molecule has 0 aliphatic carbocycles. The first-order valence-corrected chi connectivity index (χ1v) is 9.10. The van der Waals surface area contributed by atoms with Gasteiger partial charge in [0.05, 0.1) is 23.6 Å². The van der Waals surface area contributed by atoms with Crippen molar-refractivity contribution in [1.82, 2.24) is 15.6 Å². The van der Waals surface area contributed by atoms with Crippen LogP contribution in [0.3, 0.4) is 0 Å². The first-order chi connectivity index (χ1) is 13.5. The number of para-hydroxylation sites is 2. The molecule has 146 valence electrons. The Morgan fingerprint density at radius 2 is 1.93 bits per heavy atom. The molecule has 8 nitrogen and oxygen atoms in total. The molecule has 1 atom stereocenters. The van der Waals surface area contributed by atoms with Crippen LogP contribution in [0.1, 0.15) is 19.5 Å². The summed E-state index contributed by atoms with van der Waals surface area (Å²) in [6.07, 6.45) is 1.65. The number of pyridine rings is 1. The third-order valence-electron chi connectivity index (χ3n) is 4.41. The van der Waals surface area contributed by atoms with Crippen molar-refractivity contribution in [1.29, 1.82) is 0 Å². The van der Waals surface area contributed by atoms with Gasteiger partial charge in [0, 0.05) is 6.20 Å². The van der Waals surface area contributed by atoms with Crippen molar-refractivity contribution in [2.75, 3.05) is 16.8 Å². The molecule has 0 fully saturated rings. The lowest BCUT2D eigenvalue weighted by atomic mass is 10.0. The van der Waals surface area contributed by atoms with Crippen LogP contribution in [0.15, 0.2) is 48.7 Å². The molecule has 3 rings (SSSR count). The molecular weight excluding hydrogens is 358 g/mol. The Morgan fingerprint density at radius 3 is 2.64 bits per heavy atom. The minimum Gasteiger partial charge on any atom is -0.349 e. The van der Waals surface area contributed by atoms with E-state index in [-0.39, 0.29) is 30.8 Å². The normalized spacial score (nSPS) is 14.1. The van der Waals surface area contributed by atoms with Gasteiger partial charge in [-0.25, -0.2) is 4.79 Å². The average Bonchev–Trinajstić information content (AvgIpc) is 2.69. The molecule has 8 heteroatoms. The van der Waals surface area contributed by atoms with Crippen LogP contribution >= 0.6 is 0 Å². The summed E-state index contributed by atoms with van der Waals surface area (Å²) in [6.45, 7) is 3.86. The first kappa shape index (κ1) is 19.3.